The molecular formula is C14H14N2O2. The second-order valence-corrected chi connectivity index (χ2v) is 3.71. The fourth-order valence-electron chi connectivity index (χ4n) is 1.43. The molecule has 0 aliphatic heterocycles. The van der Waals surface area contributed by atoms with E-state index in [0.717, 1.165) is 0 Å². The van der Waals surface area contributed by atoms with E-state index < -0.39 is 17.7 Å². The smallest absolute Gasteiger partial charge is 0.257 e. The van der Waals surface area contributed by atoms with E-state index >= 15 is 0 Å². The van der Waals surface area contributed by atoms with Crippen molar-refractivity contribution in [1.82, 2.24) is 5.32 Å². The Balaban J connectivity index is 2.56. The van der Waals surface area contributed by atoms with E-state index in [1.54, 1.807) is 49.4 Å². The molecule has 0 spiro atoms. The van der Waals surface area contributed by atoms with Crippen LogP contribution in [0.3, 0.4) is 0 Å². The molecule has 4 heteroatoms. The lowest BCUT2D eigenvalue weighted by Gasteiger charge is -2.05. The molecule has 0 bridgehead atoms. The van der Waals surface area contributed by atoms with Crippen LogP contribution in [0.2, 0.25) is 0 Å². The quantitative estimate of drug-likeness (QED) is 0.821. The van der Waals surface area contributed by atoms with Gasteiger partial charge in [0.05, 0.1) is 12.0 Å². The minimum Gasteiger partial charge on any atom is -0.292 e. The van der Waals surface area contributed by atoms with Gasteiger partial charge in [0.25, 0.3) is 5.91 Å². The maximum atomic E-state index is 11.6. The molecule has 1 N–H and O–H groups in total. The predicted molar refractivity (Wildman–Crippen MR) is 67.4 cm³/mol. The van der Waals surface area contributed by atoms with Gasteiger partial charge in [0, 0.05) is 12.0 Å². The Labute approximate surface area is 106 Å². The first-order chi connectivity index (χ1) is 8.67. The van der Waals surface area contributed by atoms with Gasteiger partial charge in [-0.2, -0.15) is 5.26 Å². The van der Waals surface area contributed by atoms with Crippen molar-refractivity contribution in [3.05, 3.63) is 48.0 Å². The molecular weight excluding hydrogens is 228 g/mol. The van der Waals surface area contributed by atoms with Crippen molar-refractivity contribution in [3.63, 3.8) is 0 Å². The molecule has 0 unspecified atom stereocenters. The zero-order valence-electron chi connectivity index (χ0n) is 10.1. The molecule has 92 valence electrons. The Morgan fingerprint density at radius 1 is 1.39 bits per heavy atom. The molecule has 0 aliphatic rings. The fraction of sp³-hybridized carbons (Fsp3) is 0.214. The van der Waals surface area contributed by atoms with E-state index in [1.807, 2.05) is 6.07 Å². The Hall–Kier alpha value is -2.41. The van der Waals surface area contributed by atoms with Crippen molar-refractivity contribution in [1.29, 1.82) is 5.26 Å². The molecule has 4 nitrogen and oxygen atoms in total. The Bertz CT molecular complexity index is 486. The summed E-state index contributed by atoms with van der Waals surface area (Å²) in [4.78, 5) is 23.2. The lowest BCUT2D eigenvalue weighted by molar-refractivity contribution is -0.120. The number of nitriles is 1. The summed E-state index contributed by atoms with van der Waals surface area (Å²) in [7, 11) is 0. The third-order valence-electron chi connectivity index (χ3n) is 2.28. The van der Waals surface area contributed by atoms with Crippen LogP contribution in [0.1, 0.15) is 23.7 Å². The number of benzene rings is 1. The largest absolute Gasteiger partial charge is 0.292 e. The number of amides is 2. The number of nitrogens with one attached hydrogen (secondary N) is 1. The van der Waals surface area contributed by atoms with Gasteiger partial charge in [0.15, 0.2) is 0 Å². The van der Waals surface area contributed by atoms with Gasteiger partial charge in [-0.1, -0.05) is 30.4 Å². The summed E-state index contributed by atoms with van der Waals surface area (Å²) >= 11 is 0. The predicted octanol–water partition coefficient (Wildman–Crippen LogP) is 2.05. The number of rotatable bonds is 4. The molecule has 0 radical (unpaired) electrons. The van der Waals surface area contributed by atoms with Gasteiger partial charge in [-0.25, -0.2) is 0 Å². The Morgan fingerprint density at radius 3 is 2.61 bits per heavy atom. The van der Waals surface area contributed by atoms with Crippen LogP contribution >= 0.6 is 0 Å². The first-order valence-electron chi connectivity index (χ1n) is 5.59. The number of hydrogen-bond acceptors (Lipinski definition) is 3. The average Bonchev–Trinajstić information content (AvgIpc) is 2.39. The minimum absolute atomic E-state index is 0.0145. The van der Waals surface area contributed by atoms with E-state index in [4.69, 9.17) is 5.26 Å². The van der Waals surface area contributed by atoms with Crippen LogP contribution in [0.15, 0.2) is 42.5 Å². The molecule has 0 aliphatic carbocycles. The molecule has 0 fully saturated rings. The van der Waals surface area contributed by atoms with Gasteiger partial charge in [-0.3, -0.25) is 14.9 Å². The van der Waals surface area contributed by atoms with Crippen LogP contribution in [-0.4, -0.2) is 11.8 Å². The summed E-state index contributed by atoms with van der Waals surface area (Å²) < 4.78 is 0. The molecule has 1 atom stereocenters. The summed E-state index contributed by atoms with van der Waals surface area (Å²) in [5.74, 6) is -1.40. The first-order valence-corrected chi connectivity index (χ1v) is 5.59. The van der Waals surface area contributed by atoms with E-state index in [-0.39, 0.29) is 6.42 Å². The standard InChI is InChI=1S/C14H14N2O2/c1-2-6-11(10-15)9-13(17)16-14(18)12-7-4-3-5-8-12/h2-8,11H,9H2,1H3,(H,16,17,18)/b6-2+/t11-/m1/s1. The topological polar surface area (TPSA) is 70.0 Å². The zero-order valence-corrected chi connectivity index (χ0v) is 10.1. The van der Waals surface area contributed by atoms with Crippen molar-refractivity contribution in [2.75, 3.05) is 0 Å². The van der Waals surface area contributed by atoms with Crippen LogP contribution < -0.4 is 5.32 Å². The van der Waals surface area contributed by atoms with E-state index in [1.165, 1.54) is 0 Å². The third-order valence-corrected chi connectivity index (χ3v) is 2.28. The molecule has 1 aromatic rings. The van der Waals surface area contributed by atoms with Gasteiger partial charge in [-0.05, 0) is 19.1 Å². The Kier molecular flexibility index (Phi) is 5.33. The molecule has 0 heterocycles. The lowest BCUT2D eigenvalue weighted by atomic mass is 10.1. The summed E-state index contributed by atoms with van der Waals surface area (Å²) in [6.07, 6.45) is 3.33. The molecule has 0 aromatic heterocycles. The highest BCUT2D eigenvalue weighted by Gasteiger charge is 2.13. The molecule has 0 saturated carbocycles. The van der Waals surface area contributed by atoms with Crippen molar-refractivity contribution < 1.29 is 9.59 Å². The maximum Gasteiger partial charge on any atom is 0.257 e. The third kappa shape index (κ3) is 4.22. The molecule has 1 rings (SSSR count). The highest BCUT2D eigenvalue weighted by atomic mass is 16.2. The highest BCUT2D eigenvalue weighted by Crippen LogP contribution is 2.04. The summed E-state index contributed by atoms with van der Waals surface area (Å²) in [6, 6.07) is 10.5. The van der Waals surface area contributed by atoms with Crippen LogP contribution in [0, 0.1) is 17.2 Å². The van der Waals surface area contributed by atoms with Crippen molar-refractivity contribution in [2.45, 2.75) is 13.3 Å². The number of carbonyl (C=O) groups excluding carboxylic acids is 2. The summed E-state index contributed by atoms with van der Waals surface area (Å²) in [6.45, 7) is 1.78. The van der Waals surface area contributed by atoms with Crippen LogP contribution in [0.4, 0.5) is 0 Å². The maximum absolute atomic E-state index is 11.6. The summed E-state index contributed by atoms with van der Waals surface area (Å²) in [5, 5.41) is 11.0. The molecule has 1 aromatic carbocycles. The van der Waals surface area contributed by atoms with Gasteiger partial charge < -0.3 is 0 Å². The van der Waals surface area contributed by atoms with Crippen molar-refractivity contribution in [2.24, 2.45) is 5.92 Å². The van der Waals surface area contributed by atoms with Gasteiger partial charge in [0.2, 0.25) is 5.91 Å². The zero-order chi connectivity index (χ0) is 13.4. The minimum atomic E-state index is -0.501. The van der Waals surface area contributed by atoms with Crippen LogP contribution in [-0.2, 0) is 4.79 Å². The highest BCUT2D eigenvalue weighted by molar-refractivity contribution is 6.04. The van der Waals surface area contributed by atoms with Crippen molar-refractivity contribution >= 4 is 11.8 Å². The second kappa shape index (κ2) is 7.02. The number of allylic oxidation sites excluding steroid dienone is 2. The SMILES string of the molecule is C/C=C/[C@@H](C#N)CC(=O)NC(=O)c1ccccc1. The number of imide groups is 1. The van der Waals surface area contributed by atoms with Gasteiger partial charge >= 0.3 is 0 Å². The van der Waals surface area contributed by atoms with Crippen LogP contribution in [0.5, 0.6) is 0 Å². The van der Waals surface area contributed by atoms with E-state index in [9.17, 15) is 9.59 Å². The number of hydrogen-bond donors (Lipinski definition) is 1. The van der Waals surface area contributed by atoms with Gasteiger partial charge in [0.1, 0.15) is 0 Å². The number of carbonyl (C=O) groups is 2. The lowest BCUT2D eigenvalue weighted by Crippen LogP contribution is -2.31. The summed E-state index contributed by atoms with van der Waals surface area (Å²) in [5.41, 5.74) is 0.422. The molecule has 0 saturated heterocycles. The monoisotopic (exact) mass is 242 g/mol. The van der Waals surface area contributed by atoms with Crippen LogP contribution in [0.25, 0.3) is 0 Å². The molecule has 2 amide bonds. The number of nitrogens with zero attached hydrogens (tertiary/aromatic N) is 1. The average molecular weight is 242 g/mol. The fourth-order valence-corrected chi connectivity index (χ4v) is 1.43. The molecule has 18 heavy (non-hydrogen) atoms. The van der Waals surface area contributed by atoms with E-state index in [2.05, 4.69) is 5.32 Å². The Morgan fingerprint density at radius 2 is 2.06 bits per heavy atom. The first kappa shape index (κ1) is 13.7. The normalized spacial score (nSPS) is 11.8. The second-order valence-electron chi connectivity index (χ2n) is 3.71. The van der Waals surface area contributed by atoms with E-state index in [0.29, 0.717) is 5.56 Å². The van der Waals surface area contributed by atoms with Crippen molar-refractivity contribution in [3.8, 4) is 6.07 Å². The van der Waals surface area contributed by atoms with Gasteiger partial charge in [-0.15, -0.1) is 0 Å².